The van der Waals surface area contributed by atoms with Crippen LogP contribution in [0.25, 0.3) is 0 Å². The smallest absolute Gasteiger partial charge is 0.453 e. The topological polar surface area (TPSA) is 26.3 Å². The Morgan fingerprint density at radius 3 is 2.17 bits per heavy atom. The molecule has 1 atom stereocenters. The molecule has 2 nitrogen and oxygen atoms in total. The maximum absolute atomic E-state index is 12.5. The molecule has 0 amide bonds. The van der Waals surface area contributed by atoms with Crippen LogP contribution in [-0.4, -0.2) is 24.7 Å². The summed E-state index contributed by atoms with van der Waals surface area (Å²) in [5.74, 6) is -5.42. The lowest BCUT2D eigenvalue weighted by molar-refractivity contribution is -0.284. The van der Waals surface area contributed by atoms with Crippen LogP contribution in [0.3, 0.4) is 0 Å². The van der Waals surface area contributed by atoms with E-state index < -0.39 is 24.5 Å². The number of carbonyl (C=O) groups is 1. The van der Waals surface area contributed by atoms with Crippen LogP contribution >= 0.6 is 0 Å². The molecule has 0 rings (SSSR count). The second-order valence-electron chi connectivity index (χ2n) is 4.14. The maximum Gasteiger partial charge on any atom is 0.453 e. The van der Waals surface area contributed by atoms with Gasteiger partial charge in [0, 0.05) is 6.42 Å². The highest BCUT2D eigenvalue weighted by Crippen LogP contribution is 2.38. The minimum Gasteiger partial charge on any atom is -0.465 e. The molecular formula is C11H17F5O2. The van der Waals surface area contributed by atoms with Crippen molar-refractivity contribution in [1.29, 1.82) is 0 Å². The first kappa shape index (κ1) is 17.1. The molecule has 0 N–H and O–H groups in total. The van der Waals surface area contributed by atoms with Gasteiger partial charge in [0.15, 0.2) is 0 Å². The van der Waals surface area contributed by atoms with Gasteiger partial charge in [-0.3, -0.25) is 4.79 Å². The molecule has 0 aliphatic heterocycles. The highest BCUT2D eigenvalue weighted by Gasteiger charge is 2.56. The van der Waals surface area contributed by atoms with Gasteiger partial charge in [0.1, 0.15) is 0 Å². The second kappa shape index (κ2) is 6.89. The van der Waals surface area contributed by atoms with Crippen molar-refractivity contribution in [3.8, 4) is 0 Å². The van der Waals surface area contributed by atoms with Gasteiger partial charge in [-0.25, -0.2) is 0 Å². The van der Waals surface area contributed by atoms with Gasteiger partial charge in [-0.2, -0.15) is 22.0 Å². The summed E-state index contributed by atoms with van der Waals surface area (Å²) in [5, 5.41) is 0. The zero-order valence-corrected chi connectivity index (χ0v) is 10.3. The van der Waals surface area contributed by atoms with E-state index in [4.69, 9.17) is 4.74 Å². The van der Waals surface area contributed by atoms with Crippen LogP contribution in [0.5, 0.6) is 0 Å². The minimum atomic E-state index is -5.51. The van der Waals surface area contributed by atoms with Crippen molar-refractivity contribution in [3.63, 3.8) is 0 Å². The Kier molecular flexibility index (Phi) is 6.56. The number of unbranched alkanes of at least 4 members (excludes halogenated alkanes) is 1. The lowest BCUT2D eigenvalue weighted by atomic mass is 10.1. The fourth-order valence-electron chi connectivity index (χ4n) is 1.07. The number of halogens is 5. The number of rotatable bonds is 7. The first-order valence-electron chi connectivity index (χ1n) is 5.73. The Hall–Kier alpha value is -0.880. The Bertz CT molecular complexity index is 263. The third kappa shape index (κ3) is 5.64. The lowest BCUT2D eigenvalue weighted by Crippen LogP contribution is -2.36. The number of hydrogen-bond donors (Lipinski definition) is 0. The normalized spacial score (nSPS) is 14.4. The summed E-state index contributed by atoms with van der Waals surface area (Å²) in [5.41, 5.74) is 0. The summed E-state index contributed by atoms with van der Waals surface area (Å²) in [6.07, 6.45) is -6.56. The Labute approximate surface area is 102 Å². The second-order valence-corrected chi connectivity index (χ2v) is 4.14. The van der Waals surface area contributed by atoms with E-state index in [2.05, 4.69) is 0 Å². The molecule has 0 spiro atoms. The van der Waals surface area contributed by atoms with Crippen LogP contribution in [0.15, 0.2) is 0 Å². The molecule has 0 aromatic carbocycles. The van der Waals surface area contributed by atoms with Crippen molar-refractivity contribution in [3.05, 3.63) is 0 Å². The van der Waals surface area contributed by atoms with Crippen molar-refractivity contribution >= 4 is 5.97 Å². The maximum atomic E-state index is 12.5. The molecule has 0 saturated heterocycles. The zero-order valence-electron chi connectivity index (χ0n) is 10.3. The number of esters is 1. The minimum absolute atomic E-state index is 0.00611. The highest BCUT2D eigenvalue weighted by molar-refractivity contribution is 5.71. The first-order valence-corrected chi connectivity index (χ1v) is 5.73. The molecule has 0 fully saturated rings. The zero-order chi connectivity index (χ0) is 14.4. The molecule has 0 aromatic rings. The summed E-state index contributed by atoms with van der Waals surface area (Å²) >= 11 is 0. The standard InChI is InChI=1S/C11H17F5O2/c1-3-8(2)9(17)18-7-5-4-6-10(12,13)11(14,15)16/h8H,3-7H2,1-2H3. The van der Waals surface area contributed by atoms with E-state index in [0.717, 1.165) is 0 Å². The molecule has 0 bridgehead atoms. The quantitative estimate of drug-likeness (QED) is 0.400. The van der Waals surface area contributed by atoms with Gasteiger partial charge in [-0.1, -0.05) is 13.8 Å². The number of alkyl halides is 5. The van der Waals surface area contributed by atoms with E-state index in [-0.39, 0.29) is 25.4 Å². The van der Waals surface area contributed by atoms with Gasteiger partial charge in [0.2, 0.25) is 0 Å². The molecule has 0 heterocycles. The average molecular weight is 276 g/mol. The van der Waals surface area contributed by atoms with Crippen LogP contribution in [0, 0.1) is 5.92 Å². The van der Waals surface area contributed by atoms with Crippen molar-refractivity contribution in [2.45, 2.75) is 51.6 Å². The Balaban J connectivity index is 3.79. The monoisotopic (exact) mass is 276 g/mol. The van der Waals surface area contributed by atoms with Gasteiger partial charge in [-0.15, -0.1) is 0 Å². The molecule has 0 aromatic heterocycles. The van der Waals surface area contributed by atoms with Crippen molar-refractivity contribution in [2.75, 3.05) is 6.61 Å². The van der Waals surface area contributed by atoms with Crippen molar-refractivity contribution < 1.29 is 31.5 Å². The van der Waals surface area contributed by atoms with E-state index in [0.29, 0.717) is 6.42 Å². The molecular weight excluding hydrogens is 259 g/mol. The van der Waals surface area contributed by atoms with E-state index in [1.807, 2.05) is 0 Å². The van der Waals surface area contributed by atoms with E-state index in [1.165, 1.54) is 0 Å². The van der Waals surface area contributed by atoms with Crippen LogP contribution < -0.4 is 0 Å². The lowest BCUT2D eigenvalue weighted by Gasteiger charge is -2.19. The van der Waals surface area contributed by atoms with Crippen LogP contribution in [-0.2, 0) is 9.53 Å². The number of carbonyl (C=O) groups excluding carboxylic acids is 1. The van der Waals surface area contributed by atoms with Crippen LogP contribution in [0.2, 0.25) is 0 Å². The third-order valence-corrected chi connectivity index (χ3v) is 2.56. The summed E-state index contributed by atoms with van der Waals surface area (Å²) in [4.78, 5) is 11.1. The molecule has 0 saturated carbocycles. The van der Waals surface area contributed by atoms with Gasteiger partial charge >= 0.3 is 18.1 Å². The average Bonchev–Trinajstić information content (AvgIpc) is 2.25. The highest BCUT2D eigenvalue weighted by atomic mass is 19.4. The van der Waals surface area contributed by atoms with E-state index >= 15 is 0 Å². The first-order chi connectivity index (χ1) is 8.12. The molecule has 108 valence electrons. The van der Waals surface area contributed by atoms with E-state index in [9.17, 15) is 26.7 Å². The summed E-state index contributed by atoms with van der Waals surface area (Å²) < 4.78 is 65.0. The molecule has 18 heavy (non-hydrogen) atoms. The number of ether oxygens (including phenoxy) is 1. The van der Waals surface area contributed by atoms with Crippen LogP contribution in [0.4, 0.5) is 22.0 Å². The Morgan fingerprint density at radius 1 is 1.17 bits per heavy atom. The molecule has 0 aliphatic rings. The van der Waals surface area contributed by atoms with Gasteiger partial charge in [0.25, 0.3) is 0 Å². The third-order valence-electron chi connectivity index (χ3n) is 2.56. The van der Waals surface area contributed by atoms with Gasteiger partial charge in [-0.05, 0) is 19.3 Å². The predicted octanol–water partition coefficient (Wildman–Crippen LogP) is 3.94. The Morgan fingerprint density at radius 2 is 1.72 bits per heavy atom. The number of hydrogen-bond acceptors (Lipinski definition) is 2. The fraction of sp³-hybridized carbons (Fsp3) is 0.909. The summed E-state index contributed by atoms with van der Waals surface area (Å²) in [6.45, 7) is 3.31. The fourth-order valence-corrected chi connectivity index (χ4v) is 1.07. The van der Waals surface area contributed by atoms with Gasteiger partial charge in [0.05, 0.1) is 12.5 Å². The molecule has 0 aliphatic carbocycles. The largest absolute Gasteiger partial charge is 0.465 e. The molecule has 1 unspecified atom stereocenters. The van der Waals surface area contributed by atoms with E-state index in [1.54, 1.807) is 13.8 Å². The predicted molar refractivity (Wildman–Crippen MR) is 55.3 cm³/mol. The van der Waals surface area contributed by atoms with Crippen LogP contribution in [0.1, 0.15) is 39.5 Å². The molecule has 0 radical (unpaired) electrons. The summed E-state index contributed by atoms with van der Waals surface area (Å²) in [6, 6.07) is 0. The van der Waals surface area contributed by atoms with Crippen molar-refractivity contribution in [2.24, 2.45) is 5.92 Å². The summed E-state index contributed by atoms with van der Waals surface area (Å²) in [7, 11) is 0. The van der Waals surface area contributed by atoms with Gasteiger partial charge < -0.3 is 4.74 Å². The molecule has 7 heteroatoms. The van der Waals surface area contributed by atoms with Crippen molar-refractivity contribution in [1.82, 2.24) is 0 Å². The SMILES string of the molecule is CCC(C)C(=O)OCCCCC(F)(F)C(F)(F)F.